The largest absolute Gasteiger partial charge is 0.340 e. The van der Waals surface area contributed by atoms with Crippen molar-refractivity contribution in [2.75, 3.05) is 18.4 Å². The predicted molar refractivity (Wildman–Crippen MR) is 116 cm³/mol. The normalized spacial score (nSPS) is 14.5. The summed E-state index contributed by atoms with van der Waals surface area (Å²) in [5.41, 5.74) is 5.87. The van der Waals surface area contributed by atoms with Gasteiger partial charge in [-0.2, -0.15) is 5.26 Å². The Kier molecular flexibility index (Phi) is 5.59. The van der Waals surface area contributed by atoms with E-state index in [1.165, 1.54) is 0 Å². The average molecular weight is 454 g/mol. The Morgan fingerprint density at radius 1 is 1.21 bits per heavy atom. The number of nitrogens with two attached hydrogens (primary N) is 1. The molecule has 0 saturated carbocycles. The number of benzene rings is 2. The van der Waals surface area contributed by atoms with E-state index in [-0.39, 0.29) is 23.7 Å². The summed E-state index contributed by atoms with van der Waals surface area (Å²) < 4.78 is 43.5. The maximum atomic E-state index is 14.1. The number of imidazole rings is 1. The third kappa shape index (κ3) is 3.81. The van der Waals surface area contributed by atoms with Gasteiger partial charge in [-0.1, -0.05) is 6.07 Å². The van der Waals surface area contributed by atoms with Crippen LogP contribution in [0, 0.1) is 28.8 Å². The van der Waals surface area contributed by atoms with Crippen LogP contribution in [-0.2, 0) is 16.9 Å². The maximum Gasteiger partial charge on any atom is 0.237 e. The van der Waals surface area contributed by atoms with Crippen LogP contribution in [0.25, 0.3) is 11.3 Å². The molecule has 1 amide bonds. The van der Waals surface area contributed by atoms with Crippen LogP contribution in [0.2, 0.25) is 0 Å². The molecule has 0 unspecified atom stereocenters. The molecule has 0 bridgehead atoms. The van der Waals surface area contributed by atoms with E-state index >= 15 is 0 Å². The Morgan fingerprint density at radius 3 is 2.55 bits per heavy atom. The van der Waals surface area contributed by atoms with Gasteiger partial charge >= 0.3 is 0 Å². The van der Waals surface area contributed by atoms with Crippen LogP contribution in [0.1, 0.15) is 25.2 Å². The number of carbonyl (C=O) groups excluding carboxylic acids is 1. The standard InChI is InChI=1S/C23H21F3N6O/c1-23(2)22-30-20(14-9-16(24)19(26)17(25)10-14)21(29-15-5-3-4-13(8-15)11-27)31(22)6-7-32(23)18(33)12-28/h3-5,8-10,29H,6-7,12,28H2,1-2H3. The second-order valence-corrected chi connectivity index (χ2v) is 8.16. The number of nitrogens with zero attached hydrogens (tertiary/aromatic N) is 4. The zero-order chi connectivity index (χ0) is 23.9. The molecule has 33 heavy (non-hydrogen) atoms. The van der Waals surface area contributed by atoms with Crippen LogP contribution in [0.5, 0.6) is 0 Å². The first-order chi connectivity index (χ1) is 15.7. The van der Waals surface area contributed by atoms with E-state index in [4.69, 9.17) is 5.73 Å². The first-order valence-corrected chi connectivity index (χ1v) is 10.2. The minimum Gasteiger partial charge on any atom is -0.340 e. The molecule has 10 heteroatoms. The molecule has 0 spiro atoms. The molecule has 3 N–H and O–H groups in total. The molecule has 0 fully saturated rings. The van der Waals surface area contributed by atoms with Gasteiger partial charge in [-0.25, -0.2) is 18.2 Å². The molecule has 2 heterocycles. The van der Waals surface area contributed by atoms with Gasteiger partial charge in [0.05, 0.1) is 23.7 Å². The van der Waals surface area contributed by atoms with Crippen molar-refractivity contribution in [2.24, 2.45) is 5.73 Å². The fourth-order valence-corrected chi connectivity index (χ4v) is 4.11. The predicted octanol–water partition coefficient (Wildman–Crippen LogP) is 3.62. The van der Waals surface area contributed by atoms with E-state index in [0.717, 1.165) is 12.1 Å². The SMILES string of the molecule is CC1(C)c2nc(-c3cc(F)c(F)c(F)c3)c(Nc3cccc(C#N)c3)n2CCN1C(=O)CN. The van der Waals surface area contributed by atoms with Gasteiger partial charge in [0.25, 0.3) is 0 Å². The van der Waals surface area contributed by atoms with Gasteiger partial charge in [0.15, 0.2) is 17.5 Å². The molecule has 1 aliphatic heterocycles. The van der Waals surface area contributed by atoms with Gasteiger partial charge in [-0.3, -0.25) is 4.79 Å². The first kappa shape index (κ1) is 22.4. The molecular formula is C23H21F3N6O. The smallest absolute Gasteiger partial charge is 0.237 e. The molecule has 2 aromatic carbocycles. The average Bonchev–Trinajstić information content (AvgIpc) is 3.16. The lowest BCUT2D eigenvalue weighted by Gasteiger charge is -2.42. The molecule has 7 nitrogen and oxygen atoms in total. The number of rotatable bonds is 4. The van der Waals surface area contributed by atoms with E-state index in [0.29, 0.717) is 36.0 Å². The quantitative estimate of drug-likeness (QED) is 0.587. The van der Waals surface area contributed by atoms with Crippen molar-refractivity contribution < 1.29 is 18.0 Å². The molecule has 0 aliphatic carbocycles. The Labute approximate surface area is 188 Å². The van der Waals surface area contributed by atoms with Crippen molar-refractivity contribution in [3.8, 4) is 17.3 Å². The number of carbonyl (C=O) groups is 1. The summed E-state index contributed by atoms with van der Waals surface area (Å²) in [5.74, 6) is -3.64. The minimum atomic E-state index is -1.57. The molecular weight excluding hydrogens is 433 g/mol. The van der Waals surface area contributed by atoms with E-state index < -0.39 is 23.0 Å². The zero-order valence-corrected chi connectivity index (χ0v) is 18.0. The summed E-state index contributed by atoms with van der Waals surface area (Å²) >= 11 is 0. The number of nitrogens with one attached hydrogen (secondary N) is 1. The number of anilines is 2. The number of halogens is 3. The number of hydrogen-bond donors (Lipinski definition) is 2. The first-order valence-electron chi connectivity index (χ1n) is 10.2. The summed E-state index contributed by atoms with van der Waals surface area (Å²) in [6.07, 6.45) is 0. The molecule has 4 rings (SSSR count). The number of aromatic nitrogens is 2. The van der Waals surface area contributed by atoms with Gasteiger partial charge in [0, 0.05) is 24.3 Å². The van der Waals surface area contributed by atoms with Gasteiger partial charge in [0.1, 0.15) is 17.3 Å². The van der Waals surface area contributed by atoms with Crippen molar-refractivity contribution in [3.63, 3.8) is 0 Å². The molecule has 1 aliphatic rings. The van der Waals surface area contributed by atoms with Gasteiger partial charge in [-0.15, -0.1) is 0 Å². The Bertz CT molecular complexity index is 1270. The minimum absolute atomic E-state index is 0.0275. The lowest BCUT2D eigenvalue weighted by Crippen LogP contribution is -2.53. The van der Waals surface area contributed by atoms with Crippen LogP contribution >= 0.6 is 0 Å². The molecule has 0 atom stereocenters. The summed E-state index contributed by atoms with van der Waals surface area (Å²) in [6.45, 7) is 4.11. The van der Waals surface area contributed by atoms with Crippen LogP contribution in [0.15, 0.2) is 36.4 Å². The molecule has 0 radical (unpaired) electrons. The summed E-state index contributed by atoms with van der Waals surface area (Å²) in [7, 11) is 0. The third-order valence-electron chi connectivity index (χ3n) is 5.72. The van der Waals surface area contributed by atoms with Crippen molar-refractivity contribution >= 4 is 17.4 Å². The van der Waals surface area contributed by atoms with Crippen LogP contribution in [0.4, 0.5) is 24.7 Å². The van der Waals surface area contributed by atoms with Gasteiger partial charge < -0.3 is 20.5 Å². The van der Waals surface area contributed by atoms with Crippen molar-refractivity contribution in [1.82, 2.24) is 14.5 Å². The number of nitriles is 1. The number of fused-ring (bicyclic) bond motifs is 1. The Morgan fingerprint density at radius 2 is 1.91 bits per heavy atom. The highest BCUT2D eigenvalue weighted by Gasteiger charge is 2.41. The Balaban J connectivity index is 1.92. The summed E-state index contributed by atoms with van der Waals surface area (Å²) in [4.78, 5) is 18.7. The highest BCUT2D eigenvalue weighted by molar-refractivity contribution is 5.80. The van der Waals surface area contributed by atoms with Crippen molar-refractivity contribution in [2.45, 2.75) is 25.9 Å². The highest BCUT2D eigenvalue weighted by Crippen LogP contribution is 2.40. The Hall–Kier alpha value is -3.84. The fraction of sp³-hybridized carbons (Fsp3) is 0.261. The maximum absolute atomic E-state index is 14.1. The lowest BCUT2D eigenvalue weighted by molar-refractivity contribution is -0.137. The van der Waals surface area contributed by atoms with Gasteiger partial charge in [0.2, 0.25) is 5.91 Å². The second kappa shape index (κ2) is 8.26. The zero-order valence-electron chi connectivity index (χ0n) is 18.0. The van der Waals surface area contributed by atoms with Gasteiger partial charge in [-0.05, 0) is 44.2 Å². The number of hydrogen-bond acceptors (Lipinski definition) is 5. The topological polar surface area (TPSA) is 100.0 Å². The summed E-state index contributed by atoms with van der Waals surface area (Å²) in [6, 6.07) is 10.5. The van der Waals surface area contributed by atoms with Crippen molar-refractivity contribution in [3.05, 3.63) is 65.2 Å². The lowest BCUT2D eigenvalue weighted by atomic mass is 9.99. The third-order valence-corrected chi connectivity index (χ3v) is 5.72. The fourth-order valence-electron chi connectivity index (χ4n) is 4.11. The summed E-state index contributed by atoms with van der Waals surface area (Å²) in [5, 5.41) is 12.4. The molecule has 170 valence electrons. The van der Waals surface area contributed by atoms with Crippen LogP contribution in [0.3, 0.4) is 0 Å². The highest BCUT2D eigenvalue weighted by atomic mass is 19.2. The van der Waals surface area contributed by atoms with Crippen molar-refractivity contribution in [1.29, 1.82) is 5.26 Å². The second-order valence-electron chi connectivity index (χ2n) is 8.16. The van der Waals surface area contributed by atoms with Crippen LogP contribution < -0.4 is 11.1 Å². The monoisotopic (exact) mass is 454 g/mol. The molecule has 0 saturated heterocycles. The number of amides is 1. The van der Waals surface area contributed by atoms with E-state index in [1.807, 2.05) is 4.57 Å². The van der Waals surface area contributed by atoms with E-state index in [9.17, 15) is 23.2 Å². The molecule has 3 aromatic rings. The van der Waals surface area contributed by atoms with E-state index in [1.54, 1.807) is 43.0 Å². The van der Waals surface area contributed by atoms with E-state index in [2.05, 4.69) is 16.4 Å². The molecule has 1 aromatic heterocycles. The van der Waals surface area contributed by atoms with Crippen LogP contribution in [-0.4, -0.2) is 33.4 Å².